The zero-order valence-corrected chi connectivity index (χ0v) is 18.8. The van der Waals surface area contributed by atoms with Crippen LogP contribution in [-0.2, 0) is 6.42 Å². The van der Waals surface area contributed by atoms with Crippen molar-refractivity contribution < 1.29 is 14.3 Å². The number of aromatic nitrogens is 3. The Morgan fingerprint density at radius 2 is 1.66 bits per heavy atom. The number of amides is 2. The fourth-order valence-electron chi connectivity index (χ4n) is 4.68. The van der Waals surface area contributed by atoms with Crippen molar-refractivity contribution in [1.29, 1.82) is 0 Å². The summed E-state index contributed by atoms with van der Waals surface area (Å²) in [4.78, 5) is 47.9. The van der Waals surface area contributed by atoms with Gasteiger partial charge in [-0.15, -0.1) is 0 Å². The van der Waals surface area contributed by atoms with E-state index >= 15 is 0 Å². The van der Waals surface area contributed by atoms with Gasteiger partial charge in [-0.25, -0.2) is 4.98 Å². The minimum Gasteiger partial charge on any atom is -0.497 e. The predicted molar refractivity (Wildman–Crippen MR) is 131 cm³/mol. The first-order chi connectivity index (χ1) is 17.0. The number of rotatable bonds is 5. The molecule has 172 valence electrons. The summed E-state index contributed by atoms with van der Waals surface area (Å²) in [6.45, 7) is 0.191. The molecule has 6 rings (SSSR count). The molecule has 2 aromatic carbocycles. The number of fused-ring (bicyclic) bond motifs is 3. The molecule has 35 heavy (non-hydrogen) atoms. The number of carbonyl (C=O) groups is 2. The van der Waals surface area contributed by atoms with Gasteiger partial charge < -0.3 is 9.72 Å². The lowest BCUT2D eigenvalue weighted by atomic mass is 10.0. The second kappa shape index (κ2) is 7.95. The van der Waals surface area contributed by atoms with Gasteiger partial charge in [-0.3, -0.25) is 23.7 Å². The van der Waals surface area contributed by atoms with Gasteiger partial charge in [0.2, 0.25) is 0 Å². The summed E-state index contributed by atoms with van der Waals surface area (Å²) in [6.07, 6.45) is 2.05. The molecule has 8 nitrogen and oxygen atoms in total. The van der Waals surface area contributed by atoms with Crippen LogP contribution in [0.25, 0.3) is 27.9 Å². The van der Waals surface area contributed by atoms with Crippen LogP contribution in [0.4, 0.5) is 0 Å². The molecular formula is C27H20N4O4. The number of ether oxygens (including phenoxy) is 1. The summed E-state index contributed by atoms with van der Waals surface area (Å²) in [7, 11) is 1.60. The minimum absolute atomic E-state index is 0.191. The number of nitrogens with zero attached hydrogens (tertiary/aromatic N) is 3. The number of methoxy groups -OCH3 is 1. The maximum absolute atomic E-state index is 12.9. The summed E-state index contributed by atoms with van der Waals surface area (Å²) in [5, 5.41) is 0.881. The average molecular weight is 464 g/mol. The van der Waals surface area contributed by atoms with Crippen molar-refractivity contribution in [2.45, 2.75) is 6.42 Å². The molecule has 1 N–H and O–H groups in total. The Labute approximate surface area is 199 Å². The Balaban J connectivity index is 1.45. The molecule has 0 atom stereocenters. The molecule has 5 aromatic rings. The van der Waals surface area contributed by atoms with Gasteiger partial charge in [0, 0.05) is 29.7 Å². The third-order valence-electron chi connectivity index (χ3n) is 6.40. The number of aromatic amines is 1. The second-order valence-electron chi connectivity index (χ2n) is 8.36. The molecule has 1 aliphatic rings. The SMILES string of the molecule is COc1ccc2[nH]c(-c3cc(=O)n4ccccc4n3)c(CCN3C(=O)c4ccccc4C3=O)c2c1. The van der Waals surface area contributed by atoms with Crippen molar-refractivity contribution in [3.63, 3.8) is 0 Å². The number of carbonyl (C=O) groups excluding carboxylic acids is 2. The van der Waals surface area contributed by atoms with Gasteiger partial charge in [-0.1, -0.05) is 18.2 Å². The number of pyridine rings is 1. The van der Waals surface area contributed by atoms with Gasteiger partial charge in [-0.2, -0.15) is 0 Å². The molecule has 0 saturated carbocycles. The first-order valence-corrected chi connectivity index (χ1v) is 11.2. The van der Waals surface area contributed by atoms with E-state index in [-0.39, 0.29) is 23.9 Å². The molecule has 0 bridgehead atoms. The van der Waals surface area contributed by atoms with Crippen LogP contribution >= 0.6 is 0 Å². The van der Waals surface area contributed by atoms with Gasteiger partial charge in [0.1, 0.15) is 11.4 Å². The van der Waals surface area contributed by atoms with Crippen LogP contribution in [0, 0.1) is 0 Å². The molecule has 1 aliphatic heterocycles. The largest absolute Gasteiger partial charge is 0.497 e. The molecule has 4 heterocycles. The van der Waals surface area contributed by atoms with E-state index < -0.39 is 0 Å². The maximum Gasteiger partial charge on any atom is 0.261 e. The van der Waals surface area contributed by atoms with Crippen molar-refractivity contribution in [2.75, 3.05) is 13.7 Å². The van der Waals surface area contributed by atoms with Crippen LogP contribution in [0.3, 0.4) is 0 Å². The Hall–Kier alpha value is -4.72. The Morgan fingerprint density at radius 1 is 0.914 bits per heavy atom. The normalized spacial score (nSPS) is 13.1. The molecule has 0 fully saturated rings. The number of benzene rings is 2. The molecule has 0 saturated heterocycles. The highest BCUT2D eigenvalue weighted by Gasteiger charge is 2.35. The lowest BCUT2D eigenvalue weighted by molar-refractivity contribution is 0.0656. The van der Waals surface area contributed by atoms with Crippen molar-refractivity contribution in [2.24, 2.45) is 0 Å². The van der Waals surface area contributed by atoms with E-state index in [0.29, 0.717) is 40.3 Å². The van der Waals surface area contributed by atoms with E-state index in [1.165, 1.54) is 15.4 Å². The summed E-state index contributed by atoms with van der Waals surface area (Å²) in [6, 6.07) is 19.4. The van der Waals surface area contributed by atoms with Gasteiger partial charge in [-0.05, 0) is 54.4 Å². The van der Waals surface area contributed by atoms with E-state index in [1.807, 2.05) is 24.3 Å². The number of nitrogens with one attached hydrogen (secondary N) is 1. The summed E-state index contributed by atoms with van der Waals surface area (Å²) >= 11 is 0. The smallest absolute Gasteiger partial charge is 0.261 e. The fourth-order valence-corrected chi connectivity index (χ4v) is 4.68. The Morgan fingerprint density at radius 3 is 2.40 bits per heavy atom. The monoisotopic (exact) mass is 464 g/mol. The highest BCUT2D eigenvalue weighted by Crippen LogP contribution is 2.33. The van der Waals surface area contributed by atoms with Crippen molar-refractivity contribution in [3.05, 3.63) is 100.0 Å². The molecule has 0 aliphatic carbocycles. The lowest BCUT2D eigenvalue weighted by Gasteiger charge is -2.14. The van der Waals surface area contributed by atoms with Crippen LogP contribution in [0.1, 0.15) is 26.3 Å². The summed E-state index contributed by atoms with van der Waals surface area (Å²) in [5.41, 5.74) is 4.02. The van der Waals surface area contributed by atoms with E-state index in [9.17, 15) is 14.4 Å². The highest BCUT2D eigenvalue weighted by atomic mass is 16.5. The van der Waals surface area contributed by atoms with Crippen LogP contribution in [0.2, 0.25) is 0 Å². The quantitative estimate of drug-likeness (QED) is 0.400. The number of hydrogen-bond donors (Lipinski definition) is 1. The molecule has 0 spiro atoms. The van der Waals surface area contributed by atoms with E-state index in [4.69, 9.17) is 9.72 Å². The predicted octanol–water partition coefficient (Wildman–Crippen LogP) is 3.69. The highest BCUT2D eigenvalue weighted by molar-refractivity contribution is 6.21. The summed E-state index contributed by atoms with van der Waals surface area (Å²) in [5.74, 6) is 0.0786. The zero-order valence-electron chi connectivity index (χ0n) is 18.8. The van der Waals surface area contributed by atoms with Crippen molar-refractivity contribution in [3.8, 4) is 17.1 Å². The first kappa shape index (κ1) is 20.9. The van der Waals surface area contributed by atoms with Crippen LogP contribution in [-0.4, -0.2) is 44.7 Å². The third-order valence-corrected chi connectivity index (χ3v) is 6.40. The van der Waals surface area contributed by atoms with E-state index in [0.717, 1.165) is 16.5 Å². The van der Waals surface area contributed by atoms with Crippen LogP contribution in [0.15, 0.2) is 77.7 Å². The minimum atomic E-state index is -0.299. The van der Waals surface area contributed by atoms with Gasteiger partial charge in [0.15, 0.2) is 0 Å². The third kappa shape index (κ3) is 3.30. The van der Waals surface area contributed by atoms with Gasteiger partial charge >= 0.3 is 0 Å². The molecule has 2 amide bonds. The second-order valence-corrected chi connectivity index (χ2v) is 8.36. The van der Waals surface area contributed by atoms with Crippen molar-refractivity contribution in [1.82, 2.24) is 19.3 Å². The molecule has 8 heteroatoms. The average Bonchev–Trinajstić information content (AvgIpc) is 3.37. The number of H-pyrrole nitrogens is 1. The maximum atomic E-state index is 12.9. The van der Waals surface area contributed by atoms with Crippen LogP contribution in [0.5, 0.6) is 5.75 Å². The van der Waals surface area contributed by atoms with Gasteiger partial charge in [0.25, 0.3) is 17.4 Å². The molecule has 3 aromatic heterocycles. The van der Waals surface area contributed by atoms with Crippen molar-refractivity contribution >= 4 is 28.4 Å². The number of hydrogen-bond acceptors (Lipinski definition) is 5. The van der Waals surface area contributed by atoms with Crippen LogP contribution < -0.4 is 10.3 Å². The van der Waals surface area contributed by atoms with E-state index in [2.05, 4.69) is 4.98 Å². The van der Waals surface area contributed by atoms with Gasteiger partial charge in [0.05, 0.1) is 29.6 Å². The Bertz CT molecular complexity index is 1680. The zero-order chi connectivity index (χ0) is 24.1. The van der Waals surface area contributed by atoms with E-state index in [1.54, 1.807) is 49.7 Å². The fraction of sp³-hybridized carbons (Fsp3) is 0.111. The molecule has 0 radical (unpaired) electrons. The topological polar surface area (TPSA) is 96.8 Å². The first-order valence-electron chi connectivity index (χ1n) is 11.2. The molecular weight excluding hydrogens is 444 g/mol. The molecule has 0 unspecified atom stereocenters. The standard InChI is InChI=1S/C27H20N4O4/c1-35-16-9-10-21-20(14-16)17(11-13-31-26(33)18-6-2-3-7-19(18)27(31)34)25(29-21)22-15-24(32)30-12-5-4-8-23(30)28-22/h2-10,12,14-15,29H,11,13H2,1H3. The lowest BCUT2D eigenvalue weighted by Crippen LogP contribution is -2.31. The summed E-state index contributed by atoms with van der Waals surface area (Å²) < 4.78 is 6.90. The Kier molecular flexibility index (Phi) is 4.74. The number of imide groups is 1.